The molecule has 3 nitrogen and oxygen atoms in total. The molecule has 1 amide bonds. The quantitative estimate of drug-likeness (QED) is 0.719. The molecule has 3 heteroatoms. The van der Waals surface area contributed by atoms with Gasteiger partial charge in [-0.15, -0.1) is 0 Å². The summed E-state index contributed by atoms with van der Waals surface area (Å²) in [4.78, 5) is 13.3. The van der Waals surface area contributed by atoms with Crippen LogP contribution in [0.5, 0.6) is 0 Å². The van der Waals surface area contributed by atoms with Crippen LogP contribution in [0.1, 0.15) is 39.0 Å². The molecule has 0 bridgehead atoms. The van der Waals surface area contributed by atoms with Crippen molar-refractivity contribution in [2.75, 3.05) is 13.6 Å². The smallest absolute Gasteiger partial charge is 0.226 e. The number of hydrogen-bond donors (Lipinski definition) is 1. The average Bonchev–Trinajstić information content (AvgIpc) is 2.18. The summed E-state index contributed by atoms with van der Waals surface area (Å²) in [5.41, 5.74) is 1.27. The zero-order chi connectivity index (χ0) is 11.3. The summed E-state index contributed by atoms with van der Waals surface area (Å²) in [5, 5.41) is 9.17. The van der Waals surface area contributed by atoms with Crippen LogP contribution in [0.25, 0.3) is 0 Å². The summed E-state index contributed by atoms with van der Waals surface area (Å²) in [6.07, 6.45) is 6.91. The summed E-state index contributed by atoms with van der Waals surface area (Å²) < 4.78 is 0. The molecule has 0 saturated heterocycles. The van der Waals surface area contributed by atoms with E-state index in [-0.39, 0.29) is 5.91 Å². The van der Waals surface area contributed by atoms with Gasteiger partial charge in [-0.3, -0.25) is 4.79 Å². The number of likely N-dealkylation sites (N-methyl/N-ethyl adjacent to an activating group) is 1. The monoisotopic (exact) mass is 211 g/mol. The highest BCUT2D eigenvalue weighted by molar-refractivity contribution is 5.78. The first kappa shape index (κ1) is 12.2. The van der Waals surface area contributed by atoms with Gasteiger partial charge in [0.15, 0.2) is 0 Å². The molecule has 0 radical (unpaired) electrons. The van der Waals surface area contributed by atoms with Crippen molar-refractivity contribution in [1.82, 2.24) is 4.90 Å². The van der Waals surface area contributed by atoms with E-state index in [1.165, 1.54) is 18.4 Å². The van der Waals surface area contributed by atoms with Crippen LogP contribution < -0.4 is 0 Å². The molecular formula is C12H21NO2. The van der Waals surface area contributed by atoms with E-state index in [9.17, 15) is 4.79 Å². The first-order chi connectivity index (χ1) is 7.09. The van der Waals surface area contributed by atoms with E-state index >= 15 is 0 Å². The van der Waals surface area contributed by atoms with E-state index < -0.39 is 6.10 Å². The van der Waals surface area contributed by atoms with Crippen molar-refractivity contribution in [2.24, 2.45) is 0 Å². The molecule has 0 aliphatic heterocycles. The van der Waals surface area contributed by atoms with Gasteiger partial charge in [0.2, 0.25) is 5.91 Å². The van der Waals surface area contributed by atoms with Crippen LogP contribution in [0.15, 0.2) is 11.6 Å². The van der Waals surface area contributed by atoms with Gasteiger partial charge in [-0.1, -0.05) is 11.6 Å². The summed E-state index contributed by atoms with van der Waals surface area (Å²) in [6.45, 7) is 2.12. The maximum absolute atomic E-state index is 11.7. The molecule has 1 aliphatic rings. The van der Waals surface area contributed by atoms with E-state index in [2.05, 4.69) is 6.08 Å². The Hall–Kier alpha value is -0.830. The minimum Gasteiger partial charge on any atom is -0.392 e. The number of rotatable bonds is 4. The third-order valence-electron chi connectivity index (χ3n) is 2.73. The van der Waals surface area contributed by atoms with Crippen LogP contribution in [0.2, 0.25) is 0 Å². The van der Waals surface area contributed by atoms with Gasteiger partial charge in [0.1, 0.15) is 0 Å². The fourth-order valence-corrected chi connectivity index (χ4v) is 1.89. The highest BCUT2D eigenvalue weighted by Gasteiger charge is 2.13. The molecule has 0 aromatic carbocycles. The molecule has 86 valence electrons. The number of nitrogens with zero attached hydrogens (tertiary/aromatic N) is 1. The van der Waals surface area contributed by atoms with Gasteiger partial charge in [0, 0.05) is 20.0 Å². The van der Waals surface area contributed by atoms with E-state index in [4.69, 9.17) is 5.11 Å². The Balaban J connectivity index is 2.37. The maximum atomic E-state index is 11.7. The molecule has 0 spiro atoms. The Morgan fingerprint density at radius 2 is 2.33 bits per heavy atom. The normalized spacial score (nSPS) is 18.2. The number of allylic oxidation sites excluding steroid dienone is 1. The van der Waals surface area contributed by atoms with Crippen molar-refractivity contribution in [3.8, 4) is 0 Å². The topological polar surface area (TPSA) is 40.5 Å². The van der Waals surface area contributed by atoms with Gasteiger partial charge < -0.3 is 10.0 Å². The molecule has 0 aromatic heterocycles. The van der Waals surface area contributed by atoms with Crippen molar-refractivity contribution in [3.63, 3.8) is 0 Å². The average molecular weight is 211 g/mol. The fourth-order valence-electron chi connectivity index (χ4n) is 1.89. The second kappa shape index (κ2) is 5.91. The molecule has 0 fully saturated rings. The van der Waals surface area contributed by atoms with Crippen molar-refractivity contribution in [3.05, 3.63) is 11.6 Å². The molecule has 1 rings (SSSR count). The molecule has 1 atom stereocenters. The highest BCUT2D eigenvalue weighted by Crippen LogP contribution is 2.20. The number of amides is 1. The van der Waals surface area contributed by atoms with Crippen molar-refractivity contribution >= 4 is 5.91 Å². The van der Waals surface area contributed by atoms with Gasteiger partial charge in [-0.25, -0.2) is 0 Å². The van der Waals surface area contributed by atoms with Crippen molar-refractivity contribution in [1.29, 1.82) is 0 Å². The second-order valence-electron chi connectivity index (χ2n) is 4.41. The third kappa shape index (κ3) is 4.47. The molecule has 1 unspecified atom stereocenters. The van der Waals surface area contributed by atoms with Crippen LogP contribution in [0, 0.1) is 0 Å². The Bertz CT molecular complexity index is 246. The van der Waals surface area contributed by atoms with Gasteiger partial charge in [0.05, 0.1) is 6.10 Å². The largest absolute Gasteiger partial charge is 0.392 e. The Morgan fingerprint density at radius 1 is 1.60 bits per heavy atom. The lowest BCUT2D eigenvalue weighted by Crippen LogP contribution is -2.33. The molecule has 15 heavy (non-hydrogen) atoms. The van der Waals surface area contributed by atoms with Gasteiger partial charge in [-0.05, 0) is 32.6 Å². The second-order valence-corrected chi connectivity index (χ2v) is 4.41. The number of aliphatic hydroxyl groups excluding tert-OH is 1. The molecule has 0 aromatic rings. The zero-order valence-electron chi connectivity index (χ0n) is 9.70. The predicted octanol–water partition coefficient (Wildman–Crippen LogP) is 1.72. The molecule has 1 aliphatic carbocycles. The van der Waals surface area contributed by atoms with Crippen molar-refractivity contribution < 1.29 is 9.90 Å². The van der Waals surface area contributed by atoms with E-state index in [0.29, 0.717) is 13.0 Å². The van der Waals surface area contributed by atoms with Crippen LogP contribution >= 0.6 is 0 Å². The van der Waals surface area contributed by atoms with E-state index in [1.54, 1.807) is 18.9 Å². The van der Waals surface area contributed by atoms with Crippen molar-refractivity contribution in [2.45, 2.75) is 45.1 Å². The zero-order valence-corrected chi connectivity index (χ0v) is 9.70. The summed E-state index contributed by atoms with van der Waals surface area (Å²) in [7, 11) is 1.75. The van der Waals surface area contributed by atoms with Gasteiger partial charge >= 0.3 is 0 Å². The maximum Gasteiger partial charge on any atom is 0.226 e. The Kier molecular flexibility index (Phi) is 4.82. The Morgan fingerprint density at radius 3 is 2.87 bits per heavy atom. The molecule has 0 heterocycles. The number of carbonyl (C=O) groups excluding carboxylic acids is 1. The van der Waals surface area contributed by atoms with Crippen LogP contribution in [0.3, 0.4) is 0 Å². The summed E-state index contributed by atoms with van der Waals surface area (Å²) in [5.74, 6) is 0.115. The standard InChI is InChI=1S/C12H21NO2/c1-10(14)9-13(2)12(15)8-11-6-4-3-5-7-11/h6,10,14H,3-5,7-9H2,1-2H3. The van der Waals surface area contributed by atoms with Crippen LogP contribution in [-0.4, -0.2) is 35.6 Å². The minimum atomic E-state index is -0.445. The molecule has 1 N–H and O–H groups in total. The highest BCUT2D eigenvalue weighted by atomic mass is 16.3. The van der Waals surface area contributed by atoms with E-state index in [1.807, 2.05) is 0 Å². The molecular weight excluding hydrogens is 190 g/mol. The van der Waals surface area contributed by atoms with Gasteiger partial charge in [0.25, 0.3) is 0 Å². The first-order valence-corrected chi connectivity index (χ1v) is 5.69. The van der Waals surface area contributed by atoms with Gasteiger partial charge in [-0.2, -0.15) is 0 Å². The first-order valence-electron chi connectivity index (χ1n) is 5.69. The lowest BCUT2D eigenvalue weighted by atomic mass is 9.97. The summed E-state index contributed by atoms with van der Waals surface area (Å²) in [6, 6.07) is 0. The number of hydrogen-bond acceptors (Lipinski definition) is 2. The lowest BCUT2D eigenvalue weighted by Gasteiger charge is -2.20. The van der Waals surface area contributed by atoms with Crippen LogP contribution in [0.4, 0.5) is 0 Å². The SMILES string of the molecule is CC(O)CN(C)C(=O)CC1=CCCCC1. The lowest BCUT2D eigenvalue weighted by molar-refractivity contribution is -0.130. The Labute approximate surface area is 91.8 Å². The third-order valence-corrected chi connectivity index (χ3v) is 2.73. The number of aliphatic hydroxyl groups is 1. The number of carbonyl (C=O) groups is 1. The van der Waals surface area contributed by atoms with E-state index in [0.717, 1.165) is 12.8 Å². The summed E-state index contributed by atoms with van der Waals surface area (Å²) >= 11 is 0. The predicted molar refractivity (Wildman–Crippen MR) is 60.5 cm³/mol. The minimum absolute atomic E-state index is 0.115. The fraction of sp³-hybridized carbons (Fsp3) is 0.750. The van der Waals surface area contributed by atoms with Crippen LogP contribution in [-0.2, 0) is 4.79 Å². The molecule has 0 saturated carbocycles.